The zero-order valence-corrected chi connectivity index (χ0v) is 13.7. The molecular formula is C18H15N5S. The number of aromatic nitrogens is 1. The zero-order chi connectivity index (χ0) is 16.5. The van der Waals surface area contributed by atoms with E-state index in [1.807, 2.05) is 65.8 Å². The summed E-state index contributed by atoms with van der Waals surface area (Å²) in [6, 6.07) is 19.9. The van der Waals surface area contributed by atoms with Crippen LogP contribution < -0.4 is 25.5 Å². The predicted molar refractivity (Wildman–Crippen MR) is 99.9 cm³/mol. The molecule has 0 amide bonds. The van der Waals surface area contributed by atoms with Crippen LogP contribution in [0.1, 0.15) is 5.56 Å². The minimum absolute atomic E-state index is 0.679. The smallest absolute Gasteiger partial charge is 0.228 e. The fraction of sp³-hybridized carbons (Fsp3) is 0. The number of benzene rings is 2. The lowest BCUT2D eigenvalue weighted by atomic mass is 10.2. The number of hydrogen-bond acceptors (Lipinski definition) is 6. The first-order valence-corrected chi connectivity index (χ1v) is 8.24. The molecule has 5 nitrogen and oxygen atoms in total. The van der Waals surface area contributed by atoms with Gasteiger partial charge in [-0.05, 0) is 12.1 Å². The van der Waals surface area contributed by atoms with Crippen LogP contribution in [0, 0.1) is 0 Å². The van der Waals surface area contributed by atoms with E-state index in [9.17, 15) is 0 Å². The molecule has 3 aromatic rings. The molecule has 24 heavy (non-hydrogen) atoms. The molecule has 2 aromatic carbocycles. The summed E-state index contributed by atoms with van der Waals surface area (Å²) in [5.74, 6) is 0.755. The van der Waals surface area contributed by atoms with Crippen molar-refractivity contribution in [1.29, 1.82) is 0 Å². The topological polar surface area (TPSA) is 43.8 Å². The van der Waals surface area contributed by atoms with E-state index in [2.05, 4.69) is 23.6 Å². The van der Waals surface area contributed by atoms with Gasteiger partial charge in [0.15, 0.2) is 5.84 Å². The van der Waals surface area contributed by atoms with Gasteiger partial charge in [-0.2, -0.15) is 0 Å². The minimum Gasteiger partial charge on any atom is -0.256 e. The Labute approximate surface area is 143 Å². The van der Waals surface area contributed by atoms with Crippen LogP contribution in [0.3, 0.4) is 0 Å². The SMILES string of the molecule is C=c1nc(N2NC(c3ccccc3)=NN2c2ccccc2)sc1=C. The highest BCUT2D eigenvalue weighted by Crippen LogP contribution is 2.25. The minimum atomic E-state index is 0.679. The third kappa shape index (κ3) is 2.53. The largest absolute Gasteiger partial charge is 0.256 e. The number of thiazole rings is 1. The molecule has 1 aliphatic rings. The van der Waals surface area contributed by atoms with Crippen LogP contribution in [0.25, 0.3) is 13.2 Å². The van der Waals surface area contributed by atoms with Gasteiger partial charge in [0.2, 0.25) is 5.13 Å². The molecule has 0 fully saturated rings. The lowest BCUT2D eigenvalue weighted by Crippen LogP contribution is -2.44. The molecule has 1 aliphatic heterocycles. The van der Waals surface area contributed by atoms with E-state index in [0.717, 1.165) is 26.8 Å². The number of amidine groups is 1. The van der Waals surface area contributed by atoms with Crippen molar-refractivity contribution in [3.8, 4) is 0 Å². The number of hydrazine groups is 2. The van der Waals surface area contributed by atoms with Crippen molar-refractivity contribution < 1.29 is 0 Å². The highest BCUT2D eigenvalue weighted by atomic mass is 32.1. The van der Waals surface area contributed by atoms with Gasteiger partial charge in [-0.1, -0.05) is 73.0 Å². The first kappa shape index (κ1) is 14.5. The van der Waals surface area contributed by atoms with E-state index in [1.165, 1.54) is 11.3 Å². The summed E-state index contributed by atoms with van der Waals surface area (Å²) < 4.78 is 0.841. The first-order valence-electron chi connectivity index (χ1n) is 7.43. The number of hydrazone groups is 1. The van der Waals surface area contributed by atoms with E-state index in [4.69, 9.17) is 5.10 Å². The summed E-state index contributed by atoms with van der Waals surface area (Å²) in [5.41, 5.74) is 5.25. The van der Waals surface area contributed by atoms with Gasteiger partial charge in [0.1, 0.15) is 0 Å². The van der Waals surface area contributed by atoms with Crippen LogP contribution in [-0.4, -0.2) is 10.8 Å². The fourth-order valence-electron chi connectivity index (χ4n) is 2.35. The molecule has 0 saturated carbocycles. The molecule has 0 aliphatic carbocycles. The van der Waals surface area contributed by atoms with Gasteiger partial charge >= 0.3 is 0 Å². The van der Waals surface area contributed by atoms with Crippen molar-refractivity contribution in [3.05, 3.63) is 76.1 Å². The van der Waals surface area contributed by atoms with Gasteiger partial charge in [0.25, 0.3) is 0 Å². The monoisotopic (exact) mass is 333 g/mol. The Morgan fingerprint density at radius 3 is 2.21 bits per heavy atom. The van der Waals surface area contributed by atoms with Crippen molar-refractivity contribution in [2.45, 2.75) is 0 Å². The number of rotatable bonds is 3. The Morgan fingerprint density at radius 2 is 1.58 bits per heavy atom. The summed E-state index contributed by atoms with van der Waals surface area (Å²) in [7, 11) is 0. The highest BCUT2D eigenvalue weighted by molar-refractivity contribution is 7.13. The van der Waals surface area contributed by atoms with Crippen LogP contribution in [0.4, 0.5) is 10.8 Å². The second-order valence-corrected chi connectivity index (χ2v) is 6.29. The maximum atomic E-state index is 4.72. The molecule has 0 saturated heterocycles. The lowest BCUT2D eigenvalue weighted by Gasteiger charge is -2.25. The number of para-hydroxylation sites is 1. The Hall–Kier alpha value is -3.12. The second kappa shape index (κ2) is 5.82. The van der Waals surface area contributed by atoms with E-state index < -0.39 is 0 Å². The normalized spacial score (nSPS) is 13.8. The van der Waals surface area contributed by atoms with Crippen molar-refractivity contribution in [3.63, 3.8) is 0 Å². The molecule has 1 N–H and O–H groups in total. The predicted octanol–water partition coefficient (Wildman–Crippen LogP) is 2.07. The number of anilines is 2. The Morgan fingerprint density at radius 1 is 0.917 bits per heavy atom. The first-order chi connectivity index (χ1) is 11.7. The van der Waals surface area contributed by atoms with Crippen LogP contribution in [-0.2, 0) is 0 Å². The molecule has 4 rings (SSSR count). The molecular weight excluding hydrogens is 318 g/mol. The molecule has 118 valence electrons. The molecule has 0 spiro atoms. The highest BCUT2D eigenvalue weighted by Gasteiger charge is 2.28. The van der Waals surface area contributed by atoms with Gasteiger partial charge in [0, 0.05) is 10.1 Å². The maximum absolute atomic E-state index is 4.72. The summed E-state index contributed by atoms with van der Waals surface area (Å²) in [4.78, 5) is 4.49. The molecule has 6 heteroatoms. The third-order valence-corrected chi connectivity index (χ3v) is 4.51. The average Bonchev–Trinajstić information content (AvgIpc) is 3.21. The molecule has 0 bridgehead atoms. The van der Waals surface area contributed by atoms with E-state index in [-0.39, 0.29) is 0 Å². The summed E-state index contributed by atoms with van der Waals surface area (Å²) >= 11 is 1.47. The third-order valence-electron chi connectivity index (χ3n) is 3.58. The average molecular weight is 333 g/mol. The van der Waals surface area contributed by atoms with Crippen LogP contribution >= 0.6 is 11.3 Å². The molecule has 0 atom stereocenters. The molecule has 0 unspecified atom stereocenters. The van der Waals surface area contributed by atoms with Crippen LogP contribution in [0.15, 0.2) is 65.8 Å². The molecule has 2 heterocycles. The standard InChI is InChI=1S/C18H15N5S/c1-13-14(2)24-18(19-13)23-21-17(15-9-5-3-6-10-15)20-22(23)16-11-7-4-8-12-16/h3-12H,1-2H2,(H,20,21). The quantitative estimate of drug-likeness (QED) is 0.797. The summed E-state index contributed by atoms with van der Waals surface area (Å²) in [5, 5.41) is 9.74. The van der Waals surface area contributed by atoms with Crippen molar-refractivity contribution in [2.75, 3.05) is 10.2 Å². The van der Waals surface area contributed by atoms with Gasteiger partial charge in [-0.25, -0.2) is 4.98 Å². The molecule has 1 aromatic heterocycles. The zero-order valence-electron chi connectivity index (χ0n) is 12.9. The van der Waals surface area contributed by atoms with Crippen LogP contribution in [0.2, 0.25) is 0 Å². The van der Waals surface area contributed by atoms with Gasteiger partial charge in [0.05, 0.1) is 11.0 Å². The summed E-state index contributed by atoms with van der Waals surface area (Å²) in [6.45, 7) is 7.88. The second-order valence-electron chi connectivity index (χ2n) is 5.23. The summed E-state index contributed by atoms with van der Waals surface area (Å²) in [6.07, 6.45) is 0. The van der Waals surface area contributed by atoms with E-state index in [0.29, 0.717) is 5.35 Å². The van der Waals surface area contributed by atoms with Gasteiger partial charge in [-0.15, -0.1) is 15.3 Å². The lowest BCUT2D eigenvalue weighted by molar-refractivity contribution is 0.765. The molecule has 0 radical (unpaired) electrons. The van der Waals surface area contributed by atoms with Gasteiger partial charge in [-0.3, -0.25) is 5.43 Å². The van der Waals surface area contributed by atoms with Crippen molar-refractivity contribution in [2.24, 2.45) is 5.10 Å². The Balaban J connectivity index is 1.78. The Bertz CT molecular complexity index is 954. The van der Waals surface area contributed by atoms with E-state index >= 15 is 0 Å². The number of nitrogens with zero attached hydrogens (tertiary/aromatic N) is 4. The van der Waals surface area contributed by atoms with Crippen molar-refractivity contribution >= 4 is 41.1 Å². The maximum Gasteiger partial charge on any atom is 0.228 e. The number of nitrogens with one attached hydrogen (secondary N) is 1. The Kier molecular flexibility index (Phi) is 3.51. The van der Waals surface area contributed by atoms with Crippen LogP contribution in [0.5, 0.6) is 0 Å². The van der Waals surface area contributed by atoms with E-state index in [1.54, 1.807) is 5.12 Å². The number of hydrogen-bond donors (Lipinski definition) is 1. The van der Waals surface area contributed by atoms with Crippen molar-refractivity contribution in [1.82, 2.24) is 10.4 Å². The fourth-order valence-corrected chi connectivity index (χ4v) is 3.10. The van der Waals surface area contributed by atoms with Gasteiger partial charge < -0.3 is 0 Å².